The number of fused-ring (bicyclic) bond motifs is 5. The first-order chi connectivity index (χ1) is 14.2. The van der Waals surface area contributed by atoms with Crippen molar-refractivity contribution in [1.29, 1.82) is 0 Å². The Hall–Kier alpha value is -0.560. The second-order valence-corrected chi connectivity index (χ2v) is 12.4. The molecule has 1 heteroatoms. The normalized spacial score (nSPS) is 45.0. The van der Waals surface area contributed by atoms with Gasteiger partial charge in [-0.2, -0.15) is 0 Å². The van der Waals surface area contributed by atoms with Crippen molar-refractivity contribution < 1.29 is 5.11 Å². The number of aliphatic hydroxyl groups excluding tert-OH is 1. The van der Waals surface area contributed by atoms with Gasteiger partial charge in [-0.05, 0) is 124 Å². The van der Waals surface area contributed by atoms with Gasteiger partial charge in [0.15, 0.2) is 0 Å². The van der Waals surface area contributed by atoms with E-state index in [0.717, 1.165) is 36.5 Å². The Balaban J connectivity index is 1.49. The minimum absolute atomic E-state index is 0.0465. The molecular weight excluding hydrogens is 364 g/mol. The van der Waals surface area contributed by atoms with E-state index in [1.165, 1.54) is 63.4 Å². The van der Waals surface area contributed by atoms with Crippen molar-refractivity contribution in [2.75, 3.05) is 0 Å². The molecule has 4 aliphatic carbocycles. The van der Waals surface area contributed by atoms with E-state index in [1.807, 2.05) is 5.57 Å². The molecule has 3 saturated carbocycles. The van der Waals surface area contributed by atoms with Crippen molar-refractivity contribution >= 4 is 0 Å². The van der Waals surface area contributed by atoms with Crippen molar-refractivity contribution in [2.45, 2.75) is 111 Å². The lowest BCUT2D eigenvalue weighted by molar-refractivity contribution is -0.0428. The van der Waals surface area contributed by atoms with Crippen molar-refractivity contribution in [3.05, 3.63) is 23.8 Å². The second-order valence-electron chi connectivity index (χ2n) is 12.4. The molecule has 1 N–H and O–H groups in total. The van der Waals surface area contributed by atoms with Crippen LogP contribution in [0.15, 0.2) is 23.8 Å². The number of hydrogen-bond donors (Lipinski definition) is 1. The summed E-state index contributed by atoms with van der Waals surface area (Å²) in [4.78, 5) is 0. The molecule has 30 heavy (non-hydrogen) atoms. The van der Waals surface area contributed by atoms with Crippen molar-refractivity contribution in [1.82, 2.24) is 0 Å². The van der Waals surface area contributed by atoms with Crippen LogP contribution in [0.1, 0.15) is 105 Å². The van der Waals surface area contributed by atoms with E-state index in [9.17, 15) is 5.11 Å². The molecule has 1 nitrogen and oxygen atoms in total. The summed E-state index contributed by atoms with van der Waals surface area (Å²) in [5, 5.41) is 10.3. The van der Waals surface area contributed by atoms with Crippen LogP contribution in [0.2, 0.25) is 0 Å². The van der Waals surface area contributed by atoms with Crippen LogP contribution < -0.4 is 0 Å². The standard InChI is InChI=1S/C29H48O/c1-7-21(19(2)3)9-8-20(4)25-12-13-26-24-11-10-22-18-23(30)14-16-28(22,5)27(24)15-17-29(25,26)6/h11,20-23,25-27,30H,2,7-10,12-18H2,1,3-6H3/t20-,21+,22-,23+,25-,26+,27+,28+,29-/m1/s1. The van der Waals surface area contributed by atoms with E-state index < -0.39 is 0 Å². The Morgan fingerprint density at radius 1 is 1.10 bits per heavy atom. The van der Waals surface area contributed by atoms with Gasteiger partial charge in [0.2, 0.25) is 0 Å². The van der Waals surface area contributed by atoms with Crippen molar-refractivity contribution in [3.8, 4) is 0 Å². The van der Waals surface area contributed by atoms with Crippen molar-refractivity contribution in [3.63, 3.8) is 0 Å². The minimum Gasteiger partial charge on any atom is -0.393 e. The third-order valence-electron chi connectivity index (χ3n) is 11.0. The summed E-state index contributed by atoms with van der Waals surface area (Å²) in [7, 11) is 0. The van der Waals surface area contributed by atoms with Crippen LogP contribution in [0, 0.1) is 46.3 Å². The maximum Gasteiger partial charge on any atom is 0.0543 e. The zero-order chi connectivity index (χ0) is 21.7. The molecule has 0 saturated heterocycles. The first-order valence-corrected chi connectivity index (χ1v) is 13.2. The molecule has 0 spiro atoms. The molecule has 0 bridgehead atoms. The molecule has 0 heterocycles. The third-order valence-corrected chi connectivity index (χ3v) is 11.0. The molecule has 0 radical (unpaired) electrons. The number of aliphatic hydroxyl groups is 1. The van der Waals surface area contributed by atoms with Gasteiger partial charge in [0.05, 0.1) is 6.10 Å². The zero-order valence-corrected chi connectivity index (χ0v) is 20.6. The van der Waals surface area contributed by atoms with Gasteiger partial charge in [-0.25, -0.2) is 0 Å². The van der Waals surface area contributed by atoms with E-state index in [0.29, 0.717) is 22.7 Å². The van der Waals surface area contributed by atoms with Crippen LogP contribution in [0.25, 0.3) is 0 Å². The first kappa shape index (κ1) is 22.6. The summed E-state index contributed by atoms with van der Waals surface area (Å²) in [5.74, 6) is 4.78. The van der Waals surface area contributed by atoms with Crippen LogP contribution in [0.5, 0.6) is 0 Å². The van der Waals surface area contributed by atoms with Crippen molar-refractivity contribution in [2.24, 2.45) is 46.3 Å². The monoisotopic (exact) mass is 412 g/mol. The summed E-state index contributed by atoms with van der Waals surface area (Å²) < 4.78 is 0. The van der Waals surface area contributed by atoms with E-state index in [1.54, 1.807) is 0 Å². The molecule has 9 atom stereocenters. The highest BCUT2D eigenvalue weighted by Gasteiger charge is 2.58. The maximum atomic E-state index is 10.3. The number of rotatable bonds is 6. The van der Waals surface area contributed by atoms with E-state index in [4.69, 9.17) is 0 Å². The molecule has 0 aromatic rings. The average molecular weight is 413 g/mol. The highest BCUT2D eigenvalue weighted by atomic mass is 16.3. The van der Waals surface area contributed by atoms with Crippen LogP contribution in [0.4, 0.5) is 0 Å². The Morgan fingerprint density at radius 2 is 1.80 bits per heavy atom. The lowest BCUT2D eigenvalue weighted by atomic mass is 9.47. The van der Waals surface area contributed by atoms with Gasteiger partial charge in [-0.3, -0.25) is 0 Å². The summed E-state index contributed by atoms with van der Waals surface area (Å²) >= 11 is 0. The Morgan fingerprint density at radius 3 is 2.50 bits per heavy atom. The Labute approximate surface area is 186 Å². The van der Waals surface area contributed by atoms with E-state index >= 15 is 0 Å². The van der Waals surface area contributed by atoms with Crippen LogP contribution >= 0.6 is 0 Å². The minimum atomic E-state index is -0.0465. The highest BCUT2D eigenvalue weighted by Crippen LogP contribution is 2.67. The molecule has 0 aromatic carbocycles. The van der Waals surface area contributed by atoms with E-state index in [-0.39, 0.29) is 6.10 Å². The fraction of sp³-hybridized carbons (Fsp3) is 0.862. The van der Waals surface area contributed by atoms with Crippen LogP contribution in [-0.4, -0.2) is 11.2 Å². The molecule has 0 unspecified atom stereocenters. The third kappa shape index (κ3) is 3.66. The topological polar surface area (TPSA) is 20.2 Å². The lowest BCUT2D eigenvalue weighted by Gasteiger charge is -2.57. The van der Waals surface area contributed by atoms with Crippen LogP contribution in [-0.2, 0) is 0 Å². The maximum absolute atomic E-state index is 10.3. The molecule has 3 fully saturated rings. The zero-order valence-electron chi connectivity index (χ0n) is 20.6. The average Bonchev–Trinajstić information content (AvgIpc) is 3.06. The highest BCUT2D eigenvalue weighted by molar-refractivity contribution is 5.27. The fourth-order valence-corrected chi connectivity index (χ4v) is 8.93. The predicted molar refractivity (Wildman–Crippen MR) is 128 cm³/mol. The smallest absolute Gasteiger partial charge is 0.0543 e. The van der Waals surface area contributed by atoms with Gasteiger partial charge < -0.3 is 5.11 Å². The quantitative estimate of drug-likeness (QED) is 0.439. The number of hydrogen-bond acceptors (Lipinski definition) is 1. The molecule has 0 aromatic heterocycles. The Bertz CT molecular complexity index is 676. The predicted octanol–water partition coefficient (Wildman–Crippen LogP) is 7.94. The molecule has 0 amide bonds. The fourth-order valence-electron chi connectivity index (χ4n) is 8.93. The summed E-state index contributed by atoms with van der Waals surface area (Å²) in [6.07, 6.45) is 16.8. The largest absolute Gasteiger partial charge is 0.393 e. The molecule has 4 aliphatic rings. The van der Waals surface area contributed by atoms with Gasteiger partial charge in [-0.1, -0.05) is 51.5 Å². The van der Waals surface area contributed by atoms with Gasteiger partial charge in [0.1, 0.15) is 0 Å². The molecular formula is C29H48O. The molecule has 0 aliphatic heterocycles. The van der Waals surface area contributed by atoms with Gasteiger partial charge in [0.25, 0.3) is 0 Å². The molecule has 4 rings (SSSR count). The van der Waals surface area contributed by atoms with Gasteiger partial charge in [-0.15, -0.1) is 0 Å². The number of allylic oxidation sites excluding steroid dienone is 3. The lowest BCUT2D eigenvalue weighted by Crippen LogP contribution is -2.49. The summed E-state index contributed by atoms with van der Waals surface area (Å²) in [6.45, 7) is 16.6. The second kappa shape index (κ2) is 8.42. The van der Waals surface area contributed by atoms with Gasteiger partial charge >= 0.3 is 0 Å². The molecule has 170 valence electrons. The Kier molecular flexibility index (Phi) is 6.35. The summed E-state index contributed by atoms with van der Waals surface area (Å²) in [5.41, 5.74) is 4.21. The SMILES string of the molecule is C=C(C)[C@@H](CC)CC[C@@H](C)[C@H]1CC[C@H]2C3=CC[C@@H]4C[C@@H](O)CC[C@]4(C)[C@H]3CC[C@]12C. The first-order valence-electron chi connectivity index (χ1n) is 13.2. The summed E-state index contributed by atoms with van der Waals surface area (Å²) in [6, 6.07) is 0. The van der Waals surface area contributed by atoms with Gasteiger partial charge in [0, 0.05) is 0 Å². The van der Waals surface area contributed by atoms with Crippen LogP contribution in [0.3, 0.4) is 0 Å². The van der Waals surface area contributed by atoms with E-state index in [2.05, 4.69) is 47.3 Å².